The lowest BCUT2D eigenvalue weighted by atomic mass is 9.67. The van der Waals surface area contributed by atoms with Crippen molar-refractivity contribution in [3.8, 4) is 0 Å². The van der Waals surface area contributed by atoms with Gasteiger partial charge in [-0.2, -0.15) is 0 Å². The highest BCUT2D eigenvalue weighted by Gasteiger charge is 2.36. The summed E-state index contributed by atoms with van der Waals surface area (Å²) in [5, 5.41) is 8.08. The zero-order valence-electron chi connectivity index (χ0n) is 15.1. The van der Waals surface area contributed by atoms with Crippen molar-refractivity contribution in [3.05, 3.63) is 16.1 Å². The van der Waals surface area contributed by atoms with Gasteiger partial charge in [0, 0.05) is 51.3 Å². The van der Waals surface area contributed by atoms with Crippen LogP contribution in [0.5, 0.6) is 0 Å². The standard InChI is InChI=1S/C17H30N4OS.HI/c1-4-14-12-20-15(23-14)6-10-19-16(18-2)21-13-17(7-5-8-17)9-11-22-3;/h12H,4-11,13H2,1-3H3,(H2,18,19,21);1H. The van der Waals surface area contributed by atoms with E-state index in [0.717, 1.165) is 44.9 Å². The molecule has 0 bridgehead atoms. The Morgan fingerprint density at radius 3 is 2.75 bits per heavy atom. The van der Waals surface area contributed by atoms with Crippen molar-refractivity contribution in [1.29, 1.82) is 0 Å². The van der Waals surface area contributed by atoms with E-state index in [1.807, 2.05) is 13.2 Å². The molecule has 0 amide bonds. The smallest absolute Gasteiger partial charge is 0.191 e. The van der Waals surface area contributed by atoms with Crippen LogP contribution in [-0.2, 0) is 17.6 Å². The molecule has 2 rings (SSSR count). The highest BCUT2D eigenvalue weighted by atomic mass is 127. The van der Waals surface area contributed by atoms with Crippen LogP contribution in [0.3, 0.4) is 0 Å². The summed E-state index contributed by atoms with van der Waals surface area (Å²) in [5.41, 5.74) is 0.402. The molecule has 1 aliphatic rings. The van der Waals surface area contributed by atoms with E-state index in [0.29, 0.717) is 5.41 Å². The van der Waals surface area contributed by atoms with Gasteiger partial charge in [0.15, 0.2) is 5.96 Å². The molecule has 5 nitrogen and oxygen atoms in total. The van der Waals surface area contributed by atoms with Gasteiger partial charge < -0.3 is 15.4 Å². The molecule has 2 N–H and O–H groups in total. The Morgan fingerprint density at radius 2 is 2.21 bits per heavy atom. The minimum Gasteiger partial charge on any atom is -0.385 e. The number of hydrogen-bond donors (Lipinski definition) is 2. The number of nitrogens with zero attached hydrogens (tertiary/aromatic N) is 2. The number of halogens is 1. The number of rotatable bonds is 9. The zero-order valence-corrected chi connectivity index (χ0v) is 18.2. The minimum atomic E-state index is 0. The molecule has 0 spiro atoms. The first-order valence-electron chi connectivity index (χ1n) is 8.58. The number of thiazole rings is 1. The SMILES string of the molecule is CCc1cnc(CCNC(=NC)NCC2(CCOC)CCC2)s1.I. The molecule has 24 heavy (non-hydrogen) atoms. The number of methoxy groups -OCH3 is 1. The van der Waals surface area contributed by atoms with Crippen molar-refractivity contribution in [2.75, 3.05) is 33.9 Å². The Bertz CT molecular complexity index is 503. The molecule has 1 fully saturated rings. The Labute approximate surface area is 167 Å². The van der Waals surface area contributed by atoms with Gasteiger partial charge in [-0.1, -0.05) is 13.3 Å². The highest BCUT2D eigenvalue weighted by molar-refractivity contribution is 14.0. The van der Waals surface area contributed by atoms with E-state index >= 15 is 0 Å². The lowest BCUT2D eigenvalue weighted by molar-refractivity contribution is 0.0732. The van der Waals surface area contributed by atoms with Crippen LogP contribution >= 0.6 is 35.3 Å². The Hall–Kier alpha value is -0.410. The molecule has 0 atom stereocenters. The van der Waals surface area contributed by atoms with Gasteiger partial charge >= 0.3 is 0 Å². The average Bonchev–Trinajstić information content (AvgIpc) is 2.99. The Kier molecular flexibility index (Phi) is 10.1. The van der Waals surface area contributed by atoms with Gasteiger partial charge in [0.05, 0.1) is 5.01 Å². The summed E-state index contributed by atoms with van der Waals surface area (Å²) in [6, 6.07) is 0. The first kappa shape index (κ1) is 21.6. The van der Waals surface area contributed by atoms with Crippen LogP contribution in [0.2, 0.25) is 0 Å². The molecule has 1 aliphatic carbocycles. The van der Waals surface area contributed by atoms with Gasteiger partial charge in [0.2, 0.25) is 0 Å². The molecule has 0 saturated heterocycles. The van der Waals surface area contributed by atoms with Gasteiger partial charge in [-0.3, -0.25) is 4.99 Å². The van der Waals surface area contributed by atoms with Gasteiger partial charge in [-0.25, -0.2) is 4.98 Å². The Morgan fingerprint density at radius 1 is 1.42 bits per heavy atom. The molecule has 0 radical (unpaired) electrons. The van der Waals surface area contributed by atoms with E-state index in [1.165, 1.54) is 29.1 Å². The first-order valence-corrected chi connectivity index (χ1v) is 9.40. The van der Waals surface area contributed by atoms with Crippen LogP contribution < -0.4 is 10.6 Å². The van der Waals surface area contributed by atoms with E-state index < -0.39 is 0 Å². The maximum atomic E-state index is 5.25. The van der Waals surface area contributed by atoms with Crippen LogP contribution in [0.1, 0.15) is 42.5 Å². The molecule has 1 heterocycles. The summed E-state index contributed by atoms with van der Waals surface area (Å²) in [6.45, 7) is 4.85. The summed E-state index contributed by atoms with van der Waals surface area (Å²) in [7, 11) is 3.61. The number of aryl methyl sites for hydroxylation is 1. The molecule has 0 aliphatic heterocycles. The average molecular weight is 466 g/mol. The van der Waals surface area contributed by atoms with E-state index in [2.05, 4.69) is 27.5 Å². The Balaban J connectivity index is 0.00000288. The molecule has 1 aromatic heterocycles. The molecule has 1 aromatic rings. The van der Waals surface area contributed by atoms with Gasteiger partial charge in [0.25, 0.3) is 0 Å². The summed E-state index contributed by atoms with van der Waals surface area (Å²) in [6.07, 6.45) is 9.05. The quantitative estimate of drug-likeness (QED) is 0.333. The molecular formula is C17H31IN4OS. The van der Waals surface area contributed by atoms with Crippen LogP contribution in [0, 0.1) is 5.41 Å². The number of aliphatic imine (C=N–C) groups is 1. The monoisotopic (exact) mass is 466 g/mol. The summed E-state index contributed by atoms with van der Waals surface area (Å²) in [5.74, 6) is 0.890. The molecule has 0 aromatic carbocycles. The second-order valence-corrected chi connectivity index (χ2v) is 7.47. The van der Waals surface area contributed by atoms with Gasteiger partial charge in [-0.05, 0) is 31.1 Å². The normalized spacial score (nSPS) is 16.2. The van der Waals surface area contributed by atoms with E-state index in [1.54, 1.807) is 18.4 Å². The van der Waals surface area contributed by atoms with Crippen molar-refractivity contribution in [2.24, 2.45) is 10.4 Å². The molecule has 0 unspecified atom stereocenters. The maximum Gasteiger partial charge on any atom is 0.191 e. The van der Waals surface area contributed by atoms with Crippen molar-refractivity contribution >= 4 is 41.3 Å². The third kappa shape index (κ3) is 6.48. The predicted molar refractivity (Wildman–Crippen MR) is 113 cm³/mol. The molecule has 138 valence electrons. The number of ether oxygens (including phenoxy) is 1. The van der Waals surface area contributed by atoms with Crippen LogP contribution in [-0.4, -0.2) is 44.8 Å². The summed E-state index contributed by atoms with van der Waals surface area (Å²) in [4.78, 5) is 10.1. The van der Waals surface area contributed by atoms with Crippen molar-refractivity contribution in [1.82, 2.24) is 15.6 Å². The highest BCUT2D eigenvalue weighted by Crippen LogP contribution is 2.43. The number of hydrogen-bond acceptors (Lipinski definition) is 4. The fourth-order valence-electron chi connectivity index (χ4n) is 2.92. The molecule has 1 saturated carbocycles. The van der Waals surface area contributed by atoms with Crippen LogP contribution in [0.25, 0.3) is 0 Å². The van der Waals surface area contributed by atoms with Crippen molar-refractivity contribution in [2.45, 2.75) is 45.4 Å². The predicted octanol–water partition coefficient (Wildman–Crippen LogP) is 3.24. The second-order valence-electron chi connectivity index (χ2n) is 6.27. The number of aromatic nitrogens is 1. The van der Waals surface area contributed by atoms with Crippen LogP contribution in [0.4, 0.5) is 0 Å². The minimum absolute atomic E-state index is 0. The van der Waals surface area contributed by atoms with Crippen LogP contribution in [0.15, 0.2) is 11.2 Å². The van der Waals surface area contributed by atoms with Crippen molar-refractivity contribution in [3.63, 3.8) is 0 Å². The largest absolute Gasteiger partial charge is 0.385 e. The molecule has 7 heteroatoms. The first-order chi connectivity index (χ1) is 11.2. The lowest BCUT2D eigenvalue weighted by Gasteiger charge is -2.42. The maximum absolute atomic E-state index is 5.25. The van der Waals surface area contributed by atoms with Gasteiger partial charge in [-0.15, -0.1) is 35.3 Å². The fourth-order valence-corrected chi connectivity index (χ4v) is 3.78. The molecular weight excluding hydrogens is 435 g/mol. The topological polar surface area (TPSA) is 58.5 Å². The van der Waals surface area contributed by atoms with E-state index in [4.69, 9.17) is 4.74 Å². The van der Waals surface area contributed by atoms with E-state index in [9.17, 15) is 0 Å². The van der Waals surface area contributed by atoms with Gasteiger partial charge in [0.1, 0.15) is 0 Å². The summed E-state index contributed by atoms with van der Waals surface area (Å²) < 4.78 is 5.25. The fraction of sp³-hybridized carbons (Fsp3) is 0.765. The zero-order chi connectivity index (χ0) is 16.5. The number of nitrogens with one attached hydrogen (secondary N) is 2. The third-order valence-electron chi connectivity index (χ3n) is 4.69. The lowest BCUT2D eigenvalue weighted by Crippen LogP contribution is -2.47. The van der Waals surface area contributed by atoms with E-state index in [-0.39, 0.29) is 24.0 Å². The van der Waals surface area contributed by atoms with Crippen molar-refractivity contribution < 1.29 is 4.74 Å². The third-order valence-corrected chi connectivity index (χ3v) is 5.89. The number of guanidine groups is 1. The summed E-state index contributed by atoms with van der Waals surface area (Å²) >= 11 is 1.81. The second kappa shape index (κ2) is 11.3.